The summed E-state index contributed by atoms with van der Waals surface area (Å²) in [5.41, 5.74) is 2.28. The normalized spacial score (nSPS) is 13.8. The molecule has 0 saturated heterocycles. The van der Waals surface area contributed by atoms with Gasteiger partial charge in [-0.1, -0.05) is 127 Å². The topological polar surface area (TPSA) is 72.9 Å². The molecule has 1 aliphatic rings. The number of amides is 1. The van der Waals surface area contributed by atoms with Gasteiger partial charge in [-0.05, 0) is 30.4 Å². The summed E-state index contributed by atoms with van der Waals surface area (Å²) in [5.74, 6) is 2.05. The Morgan fingerprint density at radius 1 is 0.805 bits per heavy atom. The summed E-state index contributed by atoms with van der Waals surface area (Å²) in [4.78, 5) is 38.4. The van der Waals surface area contributed by atoms with Crippen molar-refractivity contribution in [1.29, 1.82) is 0 Å². The van der Waals surface area contributed by atoms with Gasteiger partial charge in [0.05, 0.1) is 19.0 Å². The lowest BCUT2D eigenvalue weighted by Gasteiger charge is -2.27. The van der Waals surface area contributed by atoms with Crippen LogP contribution < -0.4 is 0 Å². The Morgan fingerprint density at radius 2 is 1.39 bits per heavy atom. The van der Waals surface area contributed by atoms with Gasteiger partial charge in [0.15, 0.2) is 0 Å². The van der Waals surface area contributed by atoms with Gasteiger partial charge in [0.2, 0.25) is 6.79 Å². The molecule has 0 aliphatic heterocycles. The predicted octanol–water partition coefficient (Wildman–Crippen LogP) is 8.86. The highest BCUT2D eigenvalue weighted by molar-refractivity contribution is 5.82. The van der Waals surface area contributed by atoms with Crippen LogP contribution >= 0.6 is 0 Å². The molecule has 1 aromatic carbocycles. The van der Waals surface area contributed by atoms with Gasteiger partial charge in [0.25, 0.3) is 0 Å². The molecule has 6 heteroatoms. The van der Waals surface area contributed by atoms with Crippen LogP contribution in [0.5, 0.6) is 0 Å². The monoisotopic (exact) mass is 567 g/mol. The van der Waals surface area contributed by atoms with E-state index in [2.05, 4.69) is 18.9 Å². The zero-order valence-corrected chi connectivity index (χ0v) is 25.5. The SMILES string of the molecule is C#CCN(C(=O)OCOC(=O)CCC(=O)CCCCCCCCCCCCCCCCC)[C@@H]1CCc2ccccc21. The molecule has 0 radical (unpaired) electrons. The molecule has 0 spiro atoms. The van der Waals surface area contributed by atoms with Gasteiger partial charge >= 0.3 is 12.1 Å². The second kappa shape index (κ2) is 21.9. The molecule has 0 bridgehead atoms. The highest BCUT2D eigenvalue weighted by Gasteiger charge is 2.31. The summed E-state index contributed by atoms with van der Waals surface area (Å²) < 4.78 is 10.2. The Balaban J connectivity index is 1.44. The van der Waals surface area contributed by atoms with Crippen molar-refractivity contribution >= 4 is 17.8 Å². The first kappa shape index (κ1) is 34.4. The van der Waals surface area contributed by atoms with Crippen LogP contribution in [0.4, 0.5) is 4.79 Å². The number of hydrogen-bond donors (Lipinski definition) is 0. The fraction of sp³-hybridized carbons (Fsp3) is 0.686. The number of ketones is 1. The zero-order valence-electron chi connectivity index (χ0n) is 25.5. The van der Waals surface area contributed by atoms with Crippen molar-refractivity contribution in [2.75, 3.05) is 13.3 Å². The highest BCUT2D eigenvalue weighted by atomic mass is 16.7. The largest absolute Gasteiger partial charge is 0.428 e. The van der Waals surface area contributed by atoms with Crippen molar-refractivity contribution in [2.24, 2.45) is 0 Å². The minimum absolute atomic E-state index is 0.000800. The molecule has 6 nitrogen and oxygen atoms in total. The number of aryl methyl sites for hydroxylation is 1. The van der Waals surface area contributed by atoms with Crippen LogP contribution in [0, 0.1) is 12.3 Å². The summed E-state index contributed by atoms with van der Waals surface area (Å²) in [5, 5.41) is 0. The van der Waals surface area contributed by atoms with Crippen molar-refractivity contribution in [1.82, 2.24) is 4.90 Å². The number of fused-ring (bicyclic) bond motifs is 1. The average Bonchev–Trinajstić information content (AvgIpc) is 3.40. The minimum atomic E-state index is -0.610. The van der Waals surface area contributed by atoms with Crippen molar-refractivity contribution in [3.8, 4) is 12.3 Å². The third-order valence-corrected chi connectivity index (χ3v) is 8.04. The Morgan fingerprint density at radius 3 is 2.00 bits per heavy atom. The van der Waals surface area contributed by atoms with Gasteiger partial charge in [-0.15, -0.1) is 6.42 Å². The lowest BCUT2D eigenvalue weighted by molar-refractivity contribution is -0.153. The van der Waals surface area contributed by atoms with Crippen LogP contribution in [0.15, 0.2) is 24.3 Å². The first-order valence-electron chi connectivity index (χ1n) is 16.2. The highest BCUT2D eigenvalue weighted by Crippen LogP contribution is 2.35. The van der Waals surface area contributed by atoms with Gasteiger partial charge in [-0.2, -0.15) is 0 Å². The molecule has 0 fully saturated rings. The second-order valence-corrected chi connectivity index (χ2v) is 11.4. The van der Waals surface area contributed by atoms with E-state index in [-0.39, 0.29) is 31.2 Å². The fourth-order valence-electron chi connectivity index (χ4n) is 5.62. The zero-order chi connectivity index (χ0) is 29.5. The van der Waals surface area contributed by atoms with E-state index < -0.39 is 18.9 Å². The maximum atomic E-state index is 12.7. The van der Waals surface area contributed by atoms with E-state index >= 15 is 0 Å². The molecular weight excluding hydrogens is 514 g/mol. The van der Waals surface area contributed by atoms with Crippen LogP contribution in [0.3, 0.4) is 0 Å². The number of carbonyl (C=O) groups is 3. The number of hydrogen-bond acceptors (Lipinski definition) is 5. The summed E-state index contributed by atoms with van der Waals surface area (Å²) in [6, 6.07) is 7.83. The average molecular weight is 568 g/mol. The van der Waals surface area contributed by atoms with Gasteiger partial charge in [0.1, 0.15) is 5.78 Å². The van der Waals surface area contributed by atoms with Crippen molar-refractivity contribution in [3.05, 3.63) is 35.4 Å². The smallest absolute Gasteiger partial charge is 0.413 e. The van der Waals surface area contributed by atoms with Crippen LogP contribution in [-0.2, 0) is 25.5 Å². The van der Waals surface area contributed by atoms with E-state index in [9.17, 15) is 14.4 Å². The molecule has 1 amide bonds. The molecule has 2 rings (SSSR count). The molecule has 0 unspecified atom stereocenters. The molecule has 41 heavy (non-hydrogen) atoms. The van der Waals surface area contributed by atoms with E-state index in [1.54, 1.807) is 0 Å². The predicted molar refractivity (Wildman–Crippen MR) is 164 cm³/mol. The Labute approximate surface area is 248 Å². The molecule has 0 saturated carbocycles. The molecule has 1 aliphatic carbocycles. The lowest BCUT2D eigenvalue weighted by atomic mass is 10.0. The van der Waals surface area contributed by atoms with Crippen molar-refractivity contribution < 1.29 is 23.9 Å². The van der Waals surface area contributed by atoms with E-state index in [4.69, 9.17) is 15.9 Å². The lowest BCUT2D eigenvalue weighted by Crippen LogP contribution is -2.35. The second-order valence-electron chi connectivity index (χ2n) is 11.4. The number of rotatable bonds is 23. The summed E-state index contributed by atoms with van der Waals surface area (Å²) in [6.07, 6.45) is 26.5. The summed E-state index contributed by atoms with van der Waals surface area (Å²) >= 11 is 0. The number of esters is 1. The molecule has 0 N–H and O–H groups in total. The third-order valence-electron chi connectivity index (χ3n) is 8.04. The molecule has 1 aromatic rings. The van der Waals surface area contributed by atoms with Gasteiger partial charge < -0.3 is 9.47 Å². The van der Waals surface area contributed by atoms with Gasteiger partial charge in [0, 0.05) is 12.8 Å². The van der Waals surface area contributed by atoms with E-state index in [0.29, 0.717) is 6.42 Å². The maximum Gasteiger partial charge on any atom is 0.413 e. The van der Waals surface area contributed by atoms with Gasteiger partial charge in [-0.25, -0.2) is 4.79 Å². The Hall–Kier alpha value is -2.81. The first-order chi connectivity index (χ1) is 20.1. The maximum absolute atomic E-state index is 12.7. The minimum Gasteiger partial charge on any atom is -0.428 e. The first-order valence-corrected chi connectivity index (χ1v) is 16.2. The molecule has 0 aromatic heterocycles. The standard InChI is InChI=1S/C35H53NO5/c1-3-5-6-7-8-9-10-11-12-13-14-15-16-17-18-22-31(37)25-27-34(38)40-29-41-35(39)36(28-4-2)33-26-24-30-21-19-20-23-32(30)33/h2,19-21,23,33H,3,5-18,22,24-29H2,1H3/t33-/m1/s1. The van der Waals surface area contributed by atoms with Crippen molar-refractivity contribution in [2.45, 2.75) is 141 Å². The van der Waals surface area contributed by atoms with E-state index in [0.717, 1.165) is 31.2 Å². The number of unbranched alkanes of at least 4 members (excludes halogenated alkanes) is 14. The molecule has 1 atom stereocenters. The van der Waals surface area contributed by atoms with Crippen LogP contribution in [0.1, 0.15) is 146 Å². The van der Waals surface area contributed by atoms with Crippen molar-refractivity contribution in [3.63, 3.8) is 0 Å². The Kier molecular flexibility index (Phi) is 18.3. The fourth-order valence-corrected chi connectivity index (χ4v) is 5.62. The summed E-state index contributed by atoms with van der Waals surface area (Å²) in [7, 11) is 0. The quantitative estimate of drug-likeness (QED) is 0.0571. The molecule has 228 valence electrons. The van der Waals surface area contributed by atoms with E-state index in [1.165, 1.54) is 93.9 Å². The van der Waals surface area contributed by atoms with Crippen LogP contribution in [0.2, 0.25) is 0 Å². The van der Waals surface area contributed by atoms with Gasteiger partial charge in [-0.3, -0.25) is 14.5 Å². The summed E-state index contributed by atoms with van der Waals surface area (Å²) in [6.45, 7) is 1.89. The number of terminal acetylenes is 1. The number of benzene rings is 1. The molecule has 0 heterocycles. The number of carbonyl (C=O) groups excluding carboxylic acids is 3. The molecular formula is C35H53NO5. The van der Waals surface area contributed by atoms with Crippen LogP contribution in [-0.4, -0.2) is 36.1 Å². The Bertz CT molecular complexity index is 937. The van der Waals surface area contributed by atoms with Crippen LogP contribution in [0.25, 0.3) is 0 Å². The number of nitrogens with zero attached hydrogens (tertiary/aromatic N) is 1. The number of ether oxygens (including phenoxy) is 2. The number of Topliss-reactive ketones (excluding diaryl/α,β-unsaturated/α-hetero) is 1. The third kappa shape index (κ3) is 14.6. The van der Waals surface area contributed by atoms with E-state index in [1.807, 2.05) is 18.2 Å².